The summed E-state index contributed by atoms with van der Waals surface area (Å²) in [5, 5.41) is 8.53. The molecular weight excluding hydrogens is 220 g/mol. The van der Waals surface area contributed by atoms with Crippen LogP contribution in [0.1, 0.15) is 25.7 Å². The molecule has 17 heavy (non-hydrogen) atoms. The summed E-state index contributed by atoms with van der Waals surface area (Å²) in [6.07, 6.45) is 2.49. The van der Waals surface area contributed by atoms with E-state index in [-0.39, 0.29) is 18.2 Å². The van der Waals surface area contributed by atoms with Gasteiger partial charge >= 0.3 is 5.97 Å². The van der Waals surface area contributed by atoms with Crippen molar-refractivity contribution in [3.8, 4) is 0 Å². The minimum Gasteiger partial charge on any atom is -0.481 e. The molecule has 1 amide bonds. The van der Waals surface area contributed by atoms with Gasteiger partial charge in [0.25, 0.3) is 0 Å². The maximum Gasteiger partial charge on any atom is 0.303 e. The molecule has 0 radical (unpaired) electrons. The second-order valence-electron chi connectivity index (χ2n) is 4.83. The Bertz CT molecular complexity index is 273. The fourth-order valence-corrected chi connectivity index (χ4v) is 2.14. The lowest BCUT2D eigenvalue weighted by Gasteiger charge is -2.30. The van der Waals surface area contributed by atoms with Crippen LogP contribution in [0, 0.1) is 5.92 Å². The molecule has 5 heteroatoms. The summed E-state index contributed by atoms with van der Waals surface area (Å²) in [4.78, 5) is 26.3. The lowest BCUT2D eigenvalue weighted by molar-refractivity contribution is -0.139. The zero-order valence-corrected chi connectivity index (χ0v) is 10.7. The number of piperidine rings is 1. The first-order chi connectivity index (χ1) is 8.00. The molecule has 0 unspecified atom stereocenters. The van der Waals surface area contributed by atoms with Crippen molar-refractivity contribution in [2.75, 3.05) is 33.7 Å². The second kappa shape index (κ2) is 6.59. The number of carbonyl (C=O) groups is 2. The van der Waals surface area contributed by atoms with Gasteiger partial charge in [0.15, 0.2) is 0 Å². The summed E-state index contributed by atoms with van der Waals surface area (Å²) in [5.74, 6) is -0.505. The van der Waals surface area contributed by atoms with E-state index in [0.29, 0.717) is 13.0 Å². The predicted molar refractivity (Wildman–Crippen MR) is 64.7 cm³/mol. The molecule has 0 aromatic carbocycles. The van der Waals surface area contributed by atoms with Crippen molar-refractivity contribution in [3.05, 3.63) is 0 Å². The molecule has 0 aromatic heterocycles. The summed E-state index contributed by atoms with van der Waals surface area (Å²) in [5.41, 5.74) is 0. The third-order valence-electron chi connectivity index (χ3n) is 3.33. The van der Waals surface area contributed by atoms with Crippen molar-refractivity contribution >= 4 is 11.9 Å². The number of carboxylic acids is 1. The molecule has 1 saturated heterocycles. The van der Waals surface area contributed by atoms with E-state index >= 15 is 0 Å². The topological polar surface area (TPSA) is 60.9 Å². The van der Waals surface area contributed by atoms with E-state index < -0.39 is 5.97 Å². The van der Waals surface area contributed by atoms with Gasteiger partial charge in [-0.15, -0.1) is 0 Å². The summed E-state index contributed by atoms with van der Waals surface area (Å²) in [6, 6.07) is 0. The van der Waals surface area contributed by atoms with Gasteiger partial charge in [-0.2, -0.15) is 0 Å². The highest BCUT2D eigenvalue weighted by molar-refractivity contribution is 5.78. The van der Waals surface area contributed by atoms with Gasteiger partial charge in [0.2, 0.25) is 5.91 Å². The second-order valence-corrected chi connectivity index (χ2v) is 4.83. The molecule has 0 aromatic rings. The average molecular weight is 242 g/mol. The minimum absolute atomic E-state index is 0.126. The smallest absolute Gasteiger partial charge is 0.303 e. The van der Waals surface area contributed by atoms with Gasteiger partial charge in [-0.25, -0.2) is 0 Å². The van der Waals surface area contributed by atoms with Gasteiger partial charge < -0.3 is 14.9 Å². The Morgan fingerprint density at radius 3 is 2.47 bits per heavy atom. The standard InChI is InChI=1S/C12H22N2O3/c1-13-8-5-10(6-9-13)12(17)14(2)7-3-4-11(15)16/h10H,3-9H2,1-2H3,(H,15,16). The van der Waals surface area contributed by atoms with Gasteiger partial charge in [-0.05, 0) is 39.4 Å². The maximum atomic E-state index is 12.0. The van der Waals surface area contributed by atoms with Crippen molar-refractivity contribution in [2.24, 2.45) is 5.92 Å². The summed E-state index contributed by atoms with van der Waals surface area (Å²) in [6.45, 7) is 2.48. The SMILES string of the molecule is CN1CCC(C(=O)N(C)CCCC(=O)O)CC1. The maximum absolute atomic E-state index is 12.0. The molecule has 1 aliphatic heterocycles. The molecule has 1 rings (SSSR count). The van der Waals surface area contributed by atoms with Gasteiger partial charge in [0.1, 0.15) is 0 Å². The quantitative estimate of drug-likeness (QED) is 0.769. The molecule has 98 valence electrons. The predicted octanol–water partition coefficient (Wildman–Crippen LogP) is 0.651. The Labute approximate surface area is 102 Å². The van der Waals surface area contributed by atoms with Crippen LogP contribution in [0.5, 0.6) is 0 Å². The highest BCUT2D eigenvalue weighted by Gasteiger charge is 2.25. The van der Waals surface area contributed by atoms with E-state index in [4.69, 9.17) is 5.11 Å². The summed E-state index contributed by atoms with van der Waals surface area (Å²) in [7, 11) is 3.83. The van der Waals surface area contributed by atoms with E-state index in [2.05, 4.69) is 11.9 Å². The molecule has 1 heterocycles. The molecule has 0 spiro atoms. The zero-order valence-electron chi connectivity index (χ0n) is 10.7. The van der Waals surface area contributed by atoms with Gasteiger partial charge in [0, 0.05) is 25.9 Å². The van der Waals surface area contributed by atoms with Crippen LogP contribution in [0.25, 0.3) is 0 Å². The number of hydrogen-bond acceptors (Lipinski definition) is 3. The first-order valence-corrected chi connectivity index (χ1v) is 6.16. The number of likely N-dealkylation sites (tertiary alicyclic amines) is 1. The molecule has 0 saturated carbocycles. The van der Waals surface area contributed by atoms with Gasteiger partial charge in [-0.3, -0.25) is 9.59 Å². The van der Waals surface area contributed by atoms with Crippen LogP contribution in [-0.4, -0.2) is 60.5 Å². The number of hydrogen-bond donors (Lipinski definition) is 1. The number of nitrogens with zero attached hydrogens (tertiary/aromatic N) is 2. The normalized spacial score (nSPS) is 18.0. The highest BCUT2D eigenvalue weighted by Crippen LogP contribution is 2.18. The molecule has 1 aliphatic rings. The number of carboxylic acid groups (broad SMARTS) is 1. The van der Waals surface area contributed by atoms with Gasteiger partial charge in [0.05, 0.1) is 0 Å². The van der Waals surface area contributed by atoms with Crippen molar-refractivity contribution < 1.29 is 14.7 Å². The van der Waals surface area contributed by atoms with Crippen LogP contribution in [-0.2, 0) is 9.59 Å². The lowest BCUT2D eigenvalue weighted by Crippen LogP contribution is -2.40. The first-order valence-electron chi connectivity index (χ1n) is 6.16. The number of rotatable bonds is 5. The van der Waals surface area contributed by atoms with Crippen LogP contribution in [0.2, 0.25) is 0 Å². The van der Waals surface area contributed by atoms with Crippen molar-refractivity contribution in [2.45, 2.75) is 25.7 Å². The minimum atomic E-state index is -0.801. The van der Waals surface area contributed by atoms with Crippen molar-refractivity contribution in [3.63, 3.8) is 0 Å². The number of carbonyl (C=O) groups excluding carboxylic acids is 1. The fraction of sp³-hybridized carbons (Fsp3) is 0.833. The fourth-order valence-electron chi connectivity index (χ4n) is 2.14. The van der Waals surface area contributed by atoms with E-state index in [9.17, 15) is 9.59 Å². The molecule has 0 aliphatic carbocycles. The number of aliphatic carboxylic acids is 1. The Hall–Kier alpha value is -1.10. The molecule has 1 N–H and O–H groups in total. The van der Waals surface area contributed by atoms with E-state index in [0.717, 1.165) is 25.9 Å². The Balaban J connectivity index is 2.28. The van der Waals surface area contributed by atoms with Crippen LogP contribution < -0.4 is 0 Å². The van der Waals surface area contributed by atoms with E-state index in [1.165, 1.54) is 0 Å². The summed E-state index contributed by atoms with van der Waals surface area (Å²) >= 11 is 0. The molecule has 0 bridgehead atoms. The third kappa shape index (κ3) is 4.73. The Morgan fingerprint density at radius 1 is 1.35 bits per heavy atom. The highest BCUT2D eigenvalue weighted by atomic mass is 16.4. The van der Waals surface area contributed by atoms with Gasteiger partial charge in [-0.1, -0.05) is 0 Å². The molecular formula is C12H22N2O3. The van der Waals surface area contributed by atoms with Crippen LogP contribution in [0.3, 0.4) is 0 Å². The largest absolute Gasteiger partial charge is 0.481 e. The van der Waals surface area contributed by atoms with Crippen molar-refractivity contribution in [1.29, 1.82) is 0 Å². The van der Waals surface area contributed by atoms with Crippen LogP contribution >= 0.6 is 0 Å². The number of amides is 1. The van der Waals surface area contributed by atoms with E-state index in [1.807, 2.05) is 0 Å². The molecule has 5 nitrogen and oxygen atoms in total. The van der Waals surface area contributed by atoms with Crippen LogP contribution in [0.15, 0.2) is 0 Å². The average Bonchev–Trinajstić information content (AvgIpc) is 2.28. The third-order valence-corrected chi connectivity index (χ3v) is 3.33. The Morgan fingerprint density at radius 2 is 1.94 bits per heavy atom. The first kappa shape index (κ1) is 14.0. The summed E-state index contributed by atoms with van der Waals surface area (Å²) < 4.78 is 0. The van der Waals surface area contributed by atoms with Crippen molar-refractivity contribution in [1.82, 2.24) is 9.80 Å². The molecule has 1 fully saturated rings. The van der Waals surface area contributed by atoms with Crippen LogP contribution in [0.4, 0.5) is 0 Å². The Kier molecular flexibility index (Phi) is 5.41. The lowest BCUT2D eigenvalue weighted by atomic mass is 9.95. The molecule has 0 atom stereocenters. The zero-order chi connectivity index (χ0) is 12.8. The van der Waals surface area contributed by atoms with E-state index in [1.54, 1.807) is 11.9 Å². The monoisotopic (exact) mass is 242 g/mol.